The van der Waals surface area contributed by atoms with Crippen LogP contribution in [0, 0.1) is 0 Å². The van der Waals surface area contributed by atoms with Gasteiger partial charge in [0, 0.05) is 30.9 Å². The number of nitrogens with zero attached hydrogens (tertiary/aromatic N) is 1. The van der Waals surface area contributed by atoms with Crippen LogP contribution in [0.4, 0.5) is 5.69 Å². The van der Waals surface area contributed by atoms with E-state index in [2.05, 4.69) is 35.0 Å². The van der Waals surface area contributed by atoms with Gasteiger partial charge in [0.15, 0.2) is 0 Å². The number of amides is 1. The van der Waals surface area contributed by atoms with Crippen molar-refractivity contribution in [3.05, 3.63) is 71.3 Å². The van der Waals surface area contributed by atoms with Crippen molar-refractivity contribution in [2.24, 2.45) is 0 Å². The van der Waals surface area contributed by atoms with Crippen LogP contribution in [0.3, 0.4) is 0 Å². The van der Waals surface area contributed by atoms with E-state index < -0.39 is 0 Å². The Kier molecular flexibility index (Phi) is 4.47. The third-order valence-corrected chi connectivity index (χ3v) is 4.22. The number of rotatable bonds is 5. The van der Waals surface area contributed by atoms with Gasteiger partial charge in [-0.1, -0.05) is 31.7 Å². The first-order chi connectivity index (χ1) is 11.2. The Labute approximate surface area is 137 Å². The van der Waals surface area contributed by atoms with Gasteiger partial charge in [-0.2, -0.15) is 0 Å². The molecule has 0 fully saturated rings. The second kappa shape index (κ2) is 6.69. The molecule has 118 valence electrons. The van der Waals surface area contributed by atoms with E-state index in [1.165, 1.54) is 11.1 Å². The first kappa shape index (κ1) is 15.3. The van der Waals surface area contributed by atoms with Crippen molar-refractivity contribution < 1.29 is 4.79 Å². The van der Waals surface area contributed by atoms with Crippen LogP contribution < -0.4 is 10.2 Å². The van der Waals surface area contributed by atoms with Crippen molar-refractivity contribution in [3.63, 3.8) is 0 Å². The molecule has 2 aromatic rings. The van der Waals surface area contributed by atoms with Crippen molar-refractivity contribution in [3.8, 4) is 0 Å². The monoisotopic (exact) mass is 306 g/mol. The molecule has 23 heavy (non-hydrogen) atoms. The van der Waals surface area contributed by atoms with Gasteiger partial charge >= 0.3 is 0 Å². The molecule has 3 rings (SSSR count). The van der Waals surface area contributed by atoms with Crippen LogP contribution in [0.1, 0.15) is 40.4 Å². The molecule has 0 spiro atoms. The van der Waals surface area contributed by atoms with E-state index >= 15 is 0 Å². The van der Waals surface area contributed by atoms with E-state index in [1.807, 2.05) is 37.3 Å². The zero-order valence-corrected chi connectivity index (χ0v) is 13.5. The van der Waals surface area contributed by atoms with Gasteiger partial charge in [0.25, 0.3) is 5.91 Å². The Morgan fingerprint density at radius 1 is 1.17 bits per heavy atom. The van der Waals surface area contributed by atoms with Crippen molar-refractivity contribution in [2.75, 3.05) is 11.4 Å². The molecule has 1 amide bonds. The maximum absolute atomic E-state index is 12.0. The number of anilines is 1. The molecule has 0 saturated heterocycles. The molecule has 0 aliphatic carbocycles. The fraction of sp³-hybridized carbons (Fsp3) is 0.250. The molecule has 1 heterocycles. The summed E-state index contributed by atoms with van der Waals surface area (Å²) in [6, 6.07) is 14.4. The van der Waals surface area contributed by atoms with Crippen LogP contribution >= 0.6 is 0 Å². The average Bonchev–Trinajstić information content (AvgIpc) is 3.02. The highest BCUT2D eigenvalue weighted by Crippen LogP contribution is 2.29. The molecule has 0 aromatic heterocycles. The molecular formula is C20H22N2O. The van der Waals surface area contributed by atoms with Crippen LogP contribution in [-0.2, 0) is 13.1 Å². The van der Waals surface area contributed by atoms with Crippen LogP contribution in [0.5, 0.6) is 0 Å². The van der Waals surface area contributed by atoms with Gasteiger partial charge in [0.05, 0.1) is 0 Å². The van der Waals surface area contributed by atoms with Crippen LogP contribution in [0.15, 0.2) is 49.0 Å². The van der Waals surface area contributed by atoms with E-state index in [4.69, 9.17) is 0 Å². The Bertz CT molecular complexity index is 719. The molecule has 2 aromatic carbocycles. The molecule has 1 N–H and O–H groups in total. The highest BCUT2D eigenvalue weighted by atomic mass is 16.1. The van der Waals surface area contributed by atoms with E-state index in [0.29, 0.717) is 12.1 Å². The molecule has 3 heteroatoms. The molecule has 0 radical (unpaired) electrons. The Morgan fingerprint density at radius 2 is 1.91 bits per heavy atom. The van der Waals surface area contributed by atoms with E-state index in [0.717, 1.165) is 30.8 Å². The van der Waals surface area contributed by atoms with Crippen molar-refractivity contribution in [2.45, 2.75) is 26.4 Å². The van der Waals surface area contributed by atoms with E-state index in [-0.39, 0.29) is 5.91 Å². The van der Waals surface area contributed by atoms with Crippen molar-refractivity contribution in [1.82, 2.24) is 5.32 Å². The number of hydrogen-bond donors (Lipinski definition) is 1. The summed E-state index contributed by atoms with van der Waals surface area (Å²) in [5, 5.41) is 2.90. The fourth-order valence-corrected chi connectivity index (χ4v) is 2.89. The van der Waals surface area contributed by atoms with Gasteiger partial charge in [0.2, 0.25) is 0 Å². The van der Waals surface area contributed by atoms with Crippen molar-refractivity contribution >= 4 is 17.7 Å². The second-order valence-electron chi connectivity index (χ2n) is 5.89. The zero-order valence-electron chi connectivity index (χ0n) is 13.5. The van der Waals surface area contributed by atoms with Crippen LogP contribution in [-0.4, -0.2) is 12.5 Å². The summed E-state index contributed by atoms with van der Waals surface area (Å²) in [5.74, 6) is -0.00117. The predicted molar refractivity (Wildman–Crippen MR) is 95.5 cm³/mol. The quantitative estimate of drug-likeness (QED) is 0.906. The Hall–Kier alpha value is -2.55. The molecule has 0 bridgehead atoms. The van der Waals surface area contributed by atoms with Gasteiger partial charge in [-0.15, -0.1) is 0 Å². The first-order valence-electron chi connectivity index (χ1n) is 8.08. The smallest absolute Gasteiger partial charge is 0.251 e. The highest BCUT2D eigenvalue weighted by molar-refractivity contribution is 5.94. The lowest BCUT2D eigenvalue weighted by Gasteiger charge is -2.18. The third-order valence-electron chi connectivity index (χ3n) is 4.22. The molecular weight excluding hydrogens is 284 g/mol. The highest BCUT2D eigenvalue weighted by Gasteiger charge is 2.19. The zero-order chi connectivity index (χ0) is 16.2. The lowest BCUT2D eigenvalue weighted by molar-refractivity contribution is 0.0953. The normalized spacial score (nSPS) is 12.8. The van der Waals surface area contributed by atoms with E-state index in [9.17, 15) is 4.79 Å². The number of carbonyl (C=O) groups excluding carboxylic acids is 1. The summed E-state index contributed by atoms with van der Waals surface area (Å²) < 4.78 is 0. The molecule has 0 saturated carbocycles. The van der Waals surface area contributed by atoms with Crippen LogP contribution in [0.25, 0.3) is 6.08 Å². The SMILES string of the molecule is C=Cc1ccc2c(c1)CN(c1ccc(C(=O)NCCC)cc1)C2. The van der Waals surface area contributed by atoms with Crippen molar-refractivity contribution in [1.29, 1.82) is 0 Å². The minimum absolute atomic E-state index is 0.00117. The third kappa shape index (κ3) is 3.29. The Balaban J connectivity index is 1.71. The predicted octanol–water partition coefficient (Wildman–Crippen LogP) is 3.99. The second-order valence-corrected chi connectivity index (χ2v) is 5.89. The number of fused-ring (bicyclic) bond motifs is 1. The fourth-order valence-electron chi connectivity index (χ4n) is 2.89. The summed E-state index contributed by atoms with van der Waals surface area (Å²) in [7, 11) is 0. The molecule has 0 atom stereocenters. The summed E-state index contributed by atoms with van der Waals surface area (Å²) in [5.41, 5.74) is 5.74. The van der Waals surface area contributed by atoms with E-state index in [1.54, 1.807) is 0 Å². The minimum atomic E-state index is -0.00117. The number of carbonyl (C=O) groups is 1. The first-order valence-corrected chi connectivity index (χ1v) is 8.08. The van der Waals surface area contributed by atoms with Gasteiger partial charge < -0.3 is 10.2 Å². The van der Waals surface area contributed by atoms with Gasteiger partial charge in [0.1, 0.15) is 0 Å². The summed E-state index contributed by atoms with van der Waals surface area (Å²) in [6.45, 7) is 8.41. The minimum Gasteiger partial charge on any atom is -0.363 e. The topological polar surface area (TPSA) is 32.3 Å². The van der Waals surface area contributed by atoms with Gasteiger partial charge in [-0.05, 0) is 53.4 Å². The molecule has 1 aliphatic heterocycles. The largest absolute Gasteiger partial charge is 0.363 e. The lowest BCUT2D eigenvalue weighted by atomic mass is 10.1. The maximum Gasteiger partial charge on any atom is 0.251 e. The average molecular weight is 306 g/mol. The molecule has 3 nitrogen and oxygen atoms in total. The number of benzene rings is 2. The lowest BCUT2D eigenvalue weighted by Crippen LogP contribution is -2.24. The molecule has 0 unspecified atom stereocenters. The van der Waals surface area contributed by atoms with Crippen LogP contribution in [0.2, 0.25) is 0 Å². The summed E-state index contributed by atoms with van der Waals surface area (Å²) in [6.07, 6.45) is 2.83. The summed E-state index contributed by atoms with van der Waals surface area (Å²) >= 11 is 0. The molecule has 1 aliphatic rings. The number of hydrogen-bond acceptors (Lipinski definition) is 2. The van der Waals surface area contributed by atoms with Gasteiger partial charge in [-0.3, -0.25) is 4.79 Å². The Morgan fingerprint density at radius 3 is 2.61 bits per heavy atom. The standard InChI is InChI=1S/C20H22N2O/c1-3-11-21-20(23)16-7-9-19(10-8-16)22-13-17-6-5-15(4-2)12-18(17)14-22/h4-10,12H,2-3,11,13-14H2,1H3,(H,21,23). The van der Waals surface area contributed by atoms with Gasteiger partial charge in [-0.25, -0.2) is 0 Å². The summed E-state index contributed by atoms with van der Waals surface area (Å²) in [4.78, 5) is 14.3. The maximum atomic E-state index is 12.0. The number of nitrogens with one attached hydrogen (secondary N) is 1.